The standard InChI is InChI=1S/C15H24N4O/c1-17-6-2-3-14(17)15(20)19-9-7-18(8-10-19)12-13-4-5-16-11-13/h4-5,11,14,16H,2-3,6-10,12H2,1H3. The van der Waals surface area contributed by atoms with Crippen LogP contribution in [0.25, 0.3) is 0 Å². The molecule has 1 N–H and O–H groups in total. The van der Waals surface area contributed by atoms with E-state index >= 15 is 0 Å². The highest BCUT2D eigenvalue weighted by Gasteiger charge is 2.32. The lowest BCUT2D eigenvalue weighted by Gasteiger charge is -2.36. The van der Waals surface area contributed by atoms with E-state index in [0.29, 0.717) is 5.91 Å². The lowest BCUT2D eigenvalue weighted by molar-refractivity contribution is -0.137. The largest absolute Gasteiger partial charge is 0.367 e. The van der Waals surface area contributed by atoms with Crippen LogP contribution in [0.5, 0.6) is 0 Å². The number of nitrogens with one attached hydrogen (secondary N) is 1. The highest BCUT2D eigenvalue weighted by atomic mass is 16.2. The monoisotopic (exact) mass is 276 g/mol. The van der Waals surface area contributed by atoms with Gasteiger partial charge in [0.2, 0.25) is 5.91 Å². The Kier molecular flexibility index (Phi) is 4.08. The minimum Gasteiger partial charge on any atom is -0.367 e. The Morgan fingerprint density at radius 1 is 1.30 bits per heavy atom. The van der Waals surface area contributed by atoms with Gasteiger partial charge in [-0.3, -0.25) is 14.6 Å². The van der Waals surface area contributed by atoms with Crippen molar-refractivity contribution in [1.29, 1.82) is 0 Å². The highest BCUT2D eigenvalue weighted by molar-refractivity contribution is 5.82. The van der Waals surface area contributed by atoms with E-state index in [-0.39, 0.29) is 6.04 Å². The van der Waals surface area contributed by atoms with Crippen LogP contribution in [-0.4, -0.2) is 71.4 Å². The molecule has 2 aliphatic heterocycles. The molecular weight excluding hydrogens is 252 g/mol. The molecule has 1 unspecified atom stereocenters. The van der Waals surface area contributed by atoms with E-state index in [2.05, 4.69) is 32.8 Å². The number of likely N-dealkylation sites (N-methyl/N-ethyl adjacent to an activating group) is 1. The van der Waals surface area contributed by atoms with E-state index in [9.17, 15) is 4.79 Å². The Bertz CT molecular complexity index is 437. The van der Waals surface area contributed by atoms with Gasteiger partial charge in [-0.15, -0.1) is 0 Å². The number of nitrogens with zero attached hydrogens (tertiary/aromatic N) is 3. The minimum absolute atomic E-state index is 0.131. The zero-order valence-electron chi connectivity index (χ0n) is 12.2. The molecule has 0 saturated carbocycles. The summed E-state index contributed by atoms with van der Waals surface area (Å²) in [5, 5.41) is 0. The molecule has 0 radical (unpaired) electrons. The molecule has 0 aliphatic carbocycles. The van der Waals surface area contributed by atoms with Gasteiger partial charge in [-0.05, 0) is 38.1 Å². The fraction of sp³-hybridized carbons (Fsp3) is 0.667. The molecule has 5 nitrogen and oxygen atoms in total. The van der Waals surface area contributed by atoms with Gasteiger partial charge < -0.3 is 9.88 Å². The first-order chi connectivity index (χ1) is 9.74. The van der Waals surface area contributed by atoms with Crippen molar-refractivity contribution in [3.05, 3.63) is 24.0 Å². The number of likely N-dealkylation sites (tertiary alicyclic amines) is 1. The van der Waals surface area contributed by atoms with Crippen LogP contribution in [0, 0.1) is 0 Å². The summed E-state index contributed by atoms with van der Waals surface area (Å²) in [6, 6.07) is 2.25. The van der Waals surface area contributed by atoms with Crippen molar-refractivity contribution in [1.82, 2.24) is 19.7 Å². The smallest absolute Gasteiger partial charge is 0.240 e. The molecule has 0 bridgehead atoms. The predicted molar refractivity (Wildman–Crippen MR) is 78.3 cm³/mol. The third kappa shape index (κ3) is 2.88. The Hall–Kier alpha value is -1.33. The molecule has 1 amide bonds. The van der Waals surface area contributed by atoms with Crippen LogP contribution in [0.3, 0.4) is 0 Å². The van der Waals surface area contributed by atoms with Gasteiger partial charge in [0.1, 0.15) is 0 Å². The van der Waals surface area contributed by atoms with Gasteiger partial charge in [0, 0.05) is 45.1 Å². The summed E-state index contributed by atoms with van der Waals surface area (Å²) in [5.41, 5.74) is 1.32. The Morgan fingerprint density at radius 2 is 2.10 bits per heavy atom. The van der Waals surface area contributed by atoms with Crippen LogP contribution >= 0.6 is 0 Å². The third-order valence-electron chi connectivity index (χ3n) is 4.56. The van der Waals surface area contributed by atoms with Crippen LogP contribution in [0.1, 0.15) is 18.4 Å². The number of piperazine rings is 1. The second-order valence-corrected chi connectivity index (χ2v) is 5.96. The van der Waals surface area contributed by atoms with Gasteiger partial charge in [-0.25, -0.2) is 0 Å². The van der Waals surface area contributed by atoms with E-state index in [0.717, 1.165) is 52.1 Å². The molecule has 2 fully saturated rings. The number of hydrogen-bond donors (Lipinski definition) is 1. The van der Waals surface area contributed by atoms with Crippen LogP contribution < -0.4 is 0 Å². The van der Waals surface area contributed by atoms with Gasteiger partial charge in [0.25, 0.3) is 0 Å². The van der Waals surface area contributed by atoms with Crippen molar-refractivity contribution >= 4 is 5.91 Å². The van der Waals surface area contributed by atoms with Crippen LogP contribution in [0.15, 0.2) is 18.5 Å². The molecule has 3 heterocycles. The van der Waals surface area contributed by atoms with Crippen LogP contribution in [-0.2, 0) is 11.3 Å². The molecule has 2 aliphatic rings. The Balaban J connectivity index is 1.49. The van der Waals surface area contributed by atoms with E-state index in [1.807, 2.05) is 12.4 Å². The number of aromatic nitrogens is 1. The van der Waals surface area contributed by atoms with Crippen LogP contribution in [0.4, 0.5) is 0 Å². The highest BCUT2D eigenvalue weighted by Crippen LogP contribution is 2.18. The molecule has 2 saturated heterocycles. The lowest BCUT2D eigenvalue weighted by atomic mass is 10.1. The normalized spacial score (nSPS) is 25.2. The van der Waals surface area contributed by atoms with E-state index in [1.165, 1.54) is 5.56 Å². The quantitative estimate of drug-likeness (QED) is 0.886. The van der Waals surface area contributed by atoms with Gasteiger partial charge in [0.15, 0.2) is 0 Å². The number of aromatic amines is 1. The van der Waals surface area contributed by atoms with Crippen molar-refractivity contribution in [2.24, 2.45) is 0 Å². The van der Waals surface area contributed by atoms with Gasteiger partial charge >= 0.3 is 0 Å². The zero-order chi connectivity index (χ0) is 13.9. The van der Waals surface area contributed by atoms with Crippen molar-refractivity contribution in [3.8, 4) is 0 Å². The third-order valence-corrected chi connectivity index (χ3v) is 4.56. The molecule has 1 aromatic heterocycles. The SMILES string of the molecule is CN1CCCC1C(=O)N1CCN(Cc2cc[nH]c2)CC1. The second-order valence-electron chi connectivity index (χ2n) is 5.96. The average Bonchev–Trinajstić information content (AvgIpc) is 3.10. The number of H-pyrrole nitrogens is 1. The Morgan fingerprint density at radius 3 is 2.70 bits per heavy atom. The van der Waals surface area contributed by atoms with Crippen molar-refractivity contribution in [2.45, 2.75) is 25.4 Å². The van der Waals surface area contributed by atoms with Gasteiger partial charge in [0.05, 0.1) is 6.04 Å². The molecular formula is C15H24N4O. The van der Waals surface area contributed by atoms with Crippen molar-refractivity contribution in [2.75, 3.05) is 39.8 Å². The molecule has 3 rings (SSSR count). The summed E-state index contributed by atoms with van der Waals surface area (Å²) < 4.78 is 0. The summed E-state index contributed by atoms with van der Waals surface area (Å²) in [6.45, 7) is 5.74. The topological polar surface area (TPSA) is 42.6 Å². The molecule has 1 atom stereocenters. The summed E-state index contributed by atoms with van der Waals surface area (Å²) in [6.07, 6.45) is 6.19. The number of hydrogen-bond acceptors (Lipinski definition) is 3. The van der Waals surface area contributed by atoms with Crippen LogP contribution in [0.2, 0.25) is 0 Å². The maximum absolute atomic E-state index is 12.5. The molecule has 110 valence electrons. The summed E-state index contributed by atoms with van der Waals surface area (Å²) in [5.74, 6) is 0.339. The molecule has 5 heteroatoms. The Labute approximate surface area is 120 Å². The second kappa shape index (κ2) is 5.97. The van der Waals surface area contributed by atoms with E-state index < -0.39 is 0 Å². The number of rotatable bonds is 3. The molecule has 0 aromatic carbocycles. The first kappa shape index (κ1) is 13.6. The number of carbonyl (C=O) groups is 1. The van der Waals surface area contributed by atoms with Crippen molar-refractivity contribution < 1.29 is 4.79 Å². The molecule has 20 heavy (non-hydrogen) atoms. The summed E-state index contributed by atoms with van der Waals surface area (Å²) >= 11 is 0. The van der Waals surface area contributed by atoms with E-state index in [1.54, 1.807) is 0 Å². The summed E-state index contributed by atoms with van der Waals surface area (Å²) in [7, 11) is 2.07. The fourth-order valence-corrected chi connectivity index (χ4v) is 3.27. The molecule has 0 spiro atoms. The average molecular weight is 276 g/mol. The van der Waals surface area contributed by atoms with Gasteiger partial charge in [-0.2, -0.15) is 0 Å². The number of amides is 1. The minimum atomic E-state index is 0.131. The van der Waals surface area contributed by atoms with Gasteiger partial charge in [-0.1, -0.05) is 0 Å². The lowest BCUT2D eigenvalue weighted by Crippen LogP contribution is -2.52. The maximum atomic E-state index is 12.5. The first-order valence-electron chi connectivity index (χ1n) is 7.57. The summed E-state index contributed by atoms with van der Waals surface area (Å²) in [4.78, 5) is 22.3. The fourth-order valence-electron chi connectivity index (χ4n) is 3.27. The van der Waals surface area contributed by atoms with E-state index in [4.69, 9.17) is 0 Å². The predicted octanol–water partition coefficient (Wildman–Crippen LogP) is 0.753. The van der Waals surface area contributed by atoms with Crippen molar-refractivity contribution in [3.63, 3.8) is 0 Å². The molecule has 1 aromatic rings. The maximum Gasteiger partial charge on any atom is 0.240 e. The zero-order valence-corrected chi connectivity index (χ0v) is 12.2. The first-order valence-corrected chi connectivity index (χ1v) is 7.57. The number of carbonyl (C=O) groups excluding carboxylic acids is 1.